The van der Waals surface area contributed by atoms with Gasteiger partial charge in [-0.25, -0.2) is 4.39 Å². The summed E-state index contributed by atoms with van der Waals surface area (Å²) in [5.41, 5.74) is 0. The first-order chi connectivity index (χ1) is 5.18. The maximum Gasteiger partial charge on any atom is 0.222 e. The Morgan fingerprint density at radius 3 is 2.18 bits per heavy atom. The van der Waals surface area contributed by atoms with Gasteiger partial charge in [0.2, 0.25) is 5.91 Å². The van der Waals surface area contributed by atoms with E-state index < -0.39 is 6.67 Å². The third-order valence-corrected chi connectivity index (χ3v) is 0.918. The summed E-state index contributed by atoms with van der Waals surface area (Å²) in [6, 6.07) is 0. The zero-order valence-electron chi connectivity index (χ0n) is 7.78. The predicted octanol–water partition coefficient (Wildman–Crippen LogP) is 1.75. The van der Waals surface area contributed by atoms with Gasteiger partial charge in [0.05, 0.1) is 0 Å². The van der Waals surface area contributed by atoms with Gasteiger partial charge < -0.3 is 5.32 Å². The van der Waals surface area contributed by atoms with Crippen molar-refractivity contribution in [3.8, 4) is 0 Å². The number of halogens is 1. The van der Waals surface area contributed by atoms with E-state index in [1.807, 2.05) is 13.8 Å². The van der Waals surface area contributed by atoms with Crippen LogP contribution in [0, 0.1) is 5.92 Å². The normalized spacial score (nSPS) is 8.55. The van der Waals surface area contributed by atoms with Gasteiger partial charge in [0, 0.05) is 12.5 Å². The number of carbonyl (C=O) groups excluding carboxylic acids is 1. The van der Waals surface area contributed by atoms with Gasteiger partial charge in [-0.05, 0) is 0 Å². The molecule has 0 aliphatic rings. The minimum atomic E-state index is -0.488. The molecule has 0 saturated carbocycles. The Labute approximate surface area is 68.2 Å². The number of amides is 1. The van der Waals surface area contributed by atoms with Gasteiger partial charge in [-0.15, -0.1) is 0 Å². The molecule has 0 radical (unpaired) electrons. The molecular weight excluding hydrogens is 145 g/mol. The molecular formula is C8H18FNO. The Bertz CT molecular complexity index is 94.1. The lowest BCUT2D eigenvalue weighted by molar-refractivity contribution is -0.124. The Hall–Kier alpha value is -0.600. The Balaban J connectivity index is 0. The zero-order chi connectivity index (χ0) is 9.28. The van der Waals surface area contributed by atoms with Crippen molar-refractivity contribution in [2.24, 2.45) is 5.92 Å². The van der Waals surface area contributed by atoms with Gasteiger partial charge in [-0.3, -0.25) is 4.79 Å². The van der Waals surface area contributed by atoms with Crippen molar-refractivity contribution < 1.29 is 9.18 Å². The molecule has 0 bridgehead atoms. The molecule has 1 N–H and O–H groups in total. The topological polar surface area (TPSA) is 29.1 Å². The molecule has 3 heteroatoms. The van der Waals surface area contributed by atoms with Gasteiger partial charge in [0.15, 0.2) is 0 Å². The van der Waals surface area contributed by atoms with Crippen LogP contribution in [0.3, 0.4) is 0 Å². The highest BCUT2D eigenvalue weighted by atomic mass is 19.1. The highest BCUT2D eigenvalue weighted by molar-refractivity contribution is 5.77. The van der Waals surface area contributed by atoms with Gasteiger partial charge in [0.1, 0.15) is 6.67 Å². The molecule has 0 spiro atoms. The van der Waals surface area contributed by atoms with Crippen LogP contribution in [0.5, 0.6) is 0 Å². The fourth-order valence-electron chi connectivity index (χ4n) is 0.375. The molecule has 0 fully saturated rings. The van der Waals surface area contributed by atoms with Crippen LogP contribution in [-0.4, -0.2) is 19.1 Å². The standard InChI is InChI=1S/C6H12FNO.C2H6/c1-5(2)6(9)8-4-3-7;1-2/h5H,3-4H2,1-2H3,(H,8,9);1-2H3. The number of carbonyl (C=O) groups is 1. The molecule has 0 saturated heterocycles. The quantitative estimate of drug-likeness (QED) is 0.674. The molecule has 11 heavy (non-hydrogen) atoms. The largest absolute Gasteiger partial charge is 0.353 e. The summed E-state index contributed by atoms with van der Waals surface area (Å²) in [6.07, 6.45) is 0. The number of hydrogen-bond acceptors (Lipinski definition) is 1. The first kappa shape index (κ1) is 13.0. The van der Waals surface area contributed by atoms with E-state index in [0.29, 0.717) is 0 Å². The third kappa shape index (κ3) is 9.40. The second-order valence-electron chi connectivity index (χ2n) is 2.13. The maximum absolute atomic E-state index is 11.4. The molecule has 0 aromatic rings. The van der Waals surface area contributed by atoms with Crippen molar-refractivity contribution in [1.82, 2.24) is 5.32 Å². The van der Waals surface area contributed by atoms with Crippen LogP contribution in [0.4, 0.5) is 4.39 Å². The van der Waals surface area contributed by atoms with E-state index in [-0.39, 0.29) is 18.4 Å². The molecule has 68 valence electrons. The first-order valence-electron chi connectivity index (χ1n) is 4.02. The van der Waals surface area contributed by atoms with E-state index >= 15 is 0 Å². The van der Waals surface area contributed by atoms with Crippen LogP contribution < -0.4 is 5.32 Å². The number of rotatable bonds is 3. The molecule has 0 aliphatic heterocycles. The lowest BCUT2D eigenvalue weighted by Gasteiger charge is -2.03. The highest BCUT2D eigenvalue weighted by Crippen LogP contribution is 1.88. The highest BCUT2D eigenvalue weighted by Gasteiger charge is 2.03. The average Bonchev–Trinajstić information content (AvgIpc) is 2.03. The molecule has 0 heterocycles. The molecule has 1 amide bonds. The Morgan fingerprint density at radius 1 is 1.45 bits per heavy atom. The van der Waals surface area contributed by atoms with Gasteiger partial charge in [-0.1, -0.05) is 27.7 Å². The lowest BCUT2D eigenvalue weighted by atomic mass is 10.2. The van der Waals surface area contributed by atoms with Crippen molar-refractivity contribution in [3.05, 3.63) is 0 Å². The second-order valence-corrected chi connectivity index (χ2v) is 2.13. The van der Waals surface area contributed by atoms with Crippen LogP contribution in [-0.2, 0) is 4.79 Å². The van der Waals surface area contributed by atoms with Gasteiger partial charge in [0.25, 0.3) is 0 Å². The molecule has 0 atom stereocenters. The van der Waals surface area contributed by atoms with E-state index in [2.05, 4.69) is 5.32 Å². The summed E-state index contributed by atoms with van der Waals surface area (Å²) in [5.74, 6) is -0.135. The van der Waals surface area contributed by atoms with E-state index in [0.717, 1.165) is 0 Å². The van der Waals surface area contributed by atoms with Crippen molar-refractivity contribution in [2.75, 3.05) is 13.2 Å². The van der Waals surface area contributed by atoms with E-state index in [9.17, 15) is 9.18 Å². The minimum absolute atomic E-state index is 0.0449. The van der Waals surface area contributed by atoms with Crippen molar-refractivity contribution in [3.63, 3.8) is 0 Å². The maximum atomic E-state index is 11.4. The lowest BCUT2D eigenvalue weighted by Crippen LogP contribution is -2.29. The fraction of sp³-hybridized carbons (Fsp3) is 0.875. The van der Waals surface area contributed by atoms with E-state index in [1.54, 1.807) is 13.8 Å². The summed E-state index contributed by atoms with van der Waals surface area (Å²) in [5, 5.41) is 2.42. The molecule has 0 rings (SSSR count). The van der Waals surface area contributed by atoms with Crippen LogP contribution in [0.15, 0.2) is 0 Å². The van der Waals surface area contributed by atoms with Gasteiger partial charge >= 0.3 is 0 Å². The SMILES string of the molecule is CC.CC(C)C(=O)NCCF. The molecule has 0 aromatic carbocycles. The van der Waals surface area contributed by atoms with Crippen molar-refractivity contribution >= 4 is 5.91 Å². The third-order valence-electron chi connectivity index (χ3n) is 0.918. The molecule has 0 unspecified atom stereocenters. The number of alkyl halides is 1. The van der Waals surface area contributed by atoms with E-state index in [1.165, 1.54) is 0 Å². The van der Waals surface area contributed by atoms with E-state index in [4.69, 9.17) is 0 Å². The summed E-state index contributed by atoms with van der Waals surface area (Å²) in [6.45, 7) is 7.19. The smallest absolute Gasteiger partial charge is 0.222 e. The second kappa shape index (κ2) is 9.40. The Morgan fingerprint density at radius 2 is 1.91 bits per heavy atom. The Kier molecular flexibility index (Phi) is 11.1. The molecule has 2 nitrogen and oxygen atoms in total. The summed E-state index contributed by atoms with van der Waals surface area (Å²) < 4.78 is 11.4. The average molecular weight is 163 g/mol. The fourth-order valence-corrected chi connectivity index (χ4v) is 0.375. The molecule has 0 aliphatic carbocycles. The van der Waals surface area contributed by atoms with Crippen LogP contribution in [0.2, 0.25) is 0 Å². The van der Waals surface area contributed by atoms with Crippen molar-refractivity contribution in [1.29, 1.82) is 0 Å². The predicted molar refractivity (Wildman–Crippen MR) is 45.2 cm³/mol. The monoisotopic (exact) mass is 163 g/mol. The summed E-state index contributed by atoms with van der Waals surface area (Å²) >= 11 is 0. The van der Waals surface area contributed by atoms with Crippen LogP contribution in [0.25, 0.3) is 0 Å². The van der Waals surface area contributed by atoms with Crippen LogP contribution in [0.1, 0.15) is 27.7 Å². The van der Waals surface area contributed by atoms with Crippen LogP contribution >= 0.6 is 0 Å². The number of hydrogen-bond donors (Lipinski definition) is 1. The number of nitrogens with one attached hydrogen (secondary N) is 1. The minimum Gasteiger partial charge on any atom is -0.353 e. The van der Waals surface area contributed by atoms with Gasteiger partial charge in [-0.2, -0.15) is 0 Å². The first-order valence-corrected chi connectivity index (χ1v) is 4.02. The molecule has 0 aromatic heterocycles. The summed E-state index contributed by atoms with van der Waals surface area (Å²) in [4.78, 5) is 10.6. The van der Waals surface area contributed by atoms with Crippen molar-refractivity contribution in [2.45, 2.75) is 27.7 Å². The summed E-state index contributed by atoms with van der Waals surface area (Å²) in [7, 11) is 0. The zero-order valence-corrected chi connectivity index (χ0v) is 7.78.